The van der Waals surface area contributed by atoms with Gasteiger partial charge in [0.25, 0.3) is 0 Å². The molecule has 0 saturated heterocycles. The van der Waals surface area contributed by atoms with Gasteiger partial charge in [-0.1, -0.05) is 12.1 Å². The van der Waals surface area contributed by atoms with E-state index in [9.17, 15) is 18.0 Å². The fourth-order valence-electron chi connectivity index (χ4n) is 2.90. The summed E-state index contributed by atoms with van der Waals surface area (Å²) in [4.78, 5) is 16.3. The molecule has 26 heavy (non-hydrogen) atoms. The highest BCUT2D eigenvalue weighted by Gasteiger charge is 2.28. The predicted octanol–water partition coefficient (Wildman–Crippen LogP) is 4.09. The van der Waals surface area contributed by atoms with Gasteiger partial charge in [0.05, 0.1) is 11.4 Å². The van der Waals surface area contributed by atoms with Crippen LogP contribution in [0.4, 0.5) is 13.2 Å². The van der Waals surface area contributed by atoms with Crippen LogP contribution in [0.2, 0.25) is 0 Å². The van der Waals surface area contributed by atoms with Gasteiger partial charge in [0, 0.05) is 11.1 Å². The normalized spacial score (nSPS) is 12.0. The second kappa shape index (κ2) is 7.00. The molecule has 0 fully saturated rings. The summed E-state index contributed by atoms with van der Waals surface area (Å²) in [6, 6.07) is 12.3. The number of hydrogen-bond acceptors (Lipinski definition) is 2. The van der Waals surface area contributed by atoms with Gasteiger partial charge in [-0.25, -0.2) is 13.2 Å². The van der Waals surface area contributed by atoms with Crippen molar-refractivity contribution in [2.75, 3.05) is 0 Å². The molecule has 0 aliphatic heterocycles. The molecule has 3 aromatic rings. The second-order valence-corrected chi connectivity index (χ2v) is 5.88. The van der Waals surface area contributed by atoms with E-state index < -0.39 is 29.0 Å². The van der Waals surface area contributed by atoms with Crippen LogP contribution in [0.15, 0.2) is 54.6 Å². The molecule has 0 aliphatic carbocycles. The Kier molecular flexibility index (Phi) is 4.75. The number of carbonyl (C=O) groups is 1. The minimum absolute atomic E-state index is 0.114. The molecule has 1 unspecified atom stereocenters. The van der Waals surface area contributed by atoms with Crippen molar-refractivity contribution < 1.29 is 18.0 Å². The highest BCUT2D eigenvalue weighted by molar-refractivity contribution is 5.85. The Bertz CT molecular complexity index is 968. The number of nitrogens with zero attached hydrogens (tertiary/aromatic N) is 1. The summed E-state index contributed by atoms with van der Waals surface area (Å²) in [7, 11) is 0. The van der Waals surface area contributed by atoms with Gasteiger partial charge in [-0.15, -0.1) is 0 Å². The lowest BCUT2D eigenvalue weighted by Crippen LogP contribution is -2.25. The summed E-state index contributed by atoms with van der Waals surface area (Å²) in [5.74, 6) is -4.44. The van der Waals surface area contributed by atoms with Crippen LogP contribution in [-0.4, -0.2) is 10.9 Å². The molecule has 1 amide bonds. The number of amides is 1. The van der Waals surface area contributed by atoms with Crippen LogP contribution in [0.5, 0.6) is 0 Å². The molecule has 1 heterocycles. The van der Waals surface area contributed by atoms with E-state index >= 15 is 0 Å². The molecule has 0 radical (unpaired) electrons. The largest absolute Gasteiger partial charge is 0.369 e. The van der Waals surface area contributed by atoms with Crippen LogP contribution >= 0.6 is 0 Å². The lowest BCUT2D eigenvalue weighted by atomic mass is 9.92. The molecule has 3 nitrogen and oxygen atoms in total. The second-order valence-electron chi connectivity index (χ2n) is 5.88. The fraction of sp³-hybridized carbons (Fsp3) is 0.100. The van der Waals surface area contributed by atoms with Crippen molar-refractivity contribution in [3.8, 4) is 11.3 Å². The third-order valence-electron chi connectivity index (χ3n) is 4.10. The van der Waals surface area contributed by atoms with Gasteiger partial charge in [-0.3, -0.25) is 9.78 Å². The van der Waals surface area contributed by atoms with Crippen molar-refractivity contribution >= 4 is 5.91 Å². The number of aryl methyl sites for hydroxylation is 1. The van der Waals surface area contributed by atoms with Crippen LogP contribution in [0.25, 0.3) is 11.3 Å². The first-order valence-electron chi connectivity index (χ1n) is 7.85. The smallest absolute Gasteiger partial charge is 0.231 e. The highest BCUT2D eigenvalue weighted by atomic mass is 19.1. The van der Waals surface area contributed by atoms with Crippen molar-refractivity contribution in [2.45, 2.75) is 12.8 Å². The molecule has 0 aliphatic rings. The predicted molar refractivity (Wildman–Crippen MR) is 91.8 cm³/mol. The van der Waals surface area contributed by atoms with Gasteiger partial charge in [-0.05, 0) is 55.0 Å². The van der Waals surface area contributed by atoms with E-state index in [4.69, 9.17) is 5.73 Å². The topological polar surface area (TPSA) is 56.0 Å². The van der Waals surface area contributed by atoms with Crippen LogP contribution < -0.4 is 5.73 Å². The first-order chi connectivity index (χ1) is 12.4. The number of halogens is 3. The molecule has 1 atom stereocenters. The quantitative estimate of drug-likeness (QED) is 0.765. The Labute approximate surface area is 148 Å². The average molecular weight is 356 g/mol. The number of carbonyl (C=O) groups excluding carboxylic acids is 1. The summed E-state index contributed by atoms with van der Waals surface area (Å²) in [6.45, 7) is 1.72. The molecule has 2 aromatic carbocycles. The molecule has 0 bridgehead atoms. The van der Waals surface area contributed by atoms with Crippen molar-refractivity contribution in [2.24, 2.45) is 5.73 Å². The van der Waals surface area contributed by atoms with Crippen molar-refractivity contribution in [1.29, 1.82) is 0 Å². The van der Waals surface area contributed by atoms with Crippen molar-refractivity contribution in [1.82, 2.24) is 4.98 Å². The number of aromatic nitrogens is 1. The van der Waals surface area contributed by atoms with Gasteiger partial charge in [0.2, 0.25) is 5.91 Å². The first kappa shape index (κ1) is 17.7. The Morgan fingerprint density at radius 3 is 2.27 bits per heavy atom. The molecule has 132 valence electrons. The van der Waals surface area contributed by atoms with Gasteiger partial charge in [0.1, 0.15) is 23.4 Å². The van der Waals surface area contributed by atoms with E-state index in [0.717, 1.165) is 12.1 Å². The number of benzene rings is 2. The highest BCUT2D eigenvalue weighted by Crippen LogP contribution is 2.30. The van der Waals surface area contributed by atoms with E-state index in [1.807, 2.05) is 0 Å². The maximum Gasteiger partial charge on any atom is 0.231 e. The van der Waals surface area contributed by atoms with Gasteiger partial charge < -0.3 is 5.73 Å². The zero-order valence-electron chi connectivity index (χ0n) is 13.8. The zero-order valence-corrected chi connectivity index (χ0v) is 13.8. The van der Waals surface area contributed by atoms with Crippen LogP contribution in [0, 0.1) is 24.4 Å². The van der Waals surface area contributed by atoms with E-state index in [2.05, 4.69) is 4.98 Å². The van der Waals surface area contributed by atoms with E-state index in [1.165, 1.54) is 24.3 Å². The van der Waals surface area contributed by atoms with Gasteiger partial charge in [0.15, 0.2) is 0 Å². The first-order valence-corrected chi connectivity index (χ1v) is 7.85. The lowest BCUT2D eigenvalue weighted by Gasteiger charge is -2.16. The molecular formula is C20H15F3N2O. The summed E-state index contributed by atoms with van der Waals surface area (Å²) in [5.41, 5.74) is 6.82. The molecule has 3 rings (SSSR count). The SMILES string of the molecule is Cc1cc(F)ccc1-c1cccc(C(C(N)=O)c2c(F)cccc2F)n1. The molecular weight excluding hydrogens is 341 g/mol. The molecule has 0 spiro atoms. The Hall–Kier alpha value is -3.15. The Morgan fingerprint density at radius 2 is 1.65 bits per heavy atom. The number of rotatable bonds is 4. The molecule has 2 N–H and O–H groups in total. The molecule has 1 aromatic heterocycles. The van der Waals surface area contributed by atoms with Gasteiger partial charge in [-0.2, -0.15) is 0 Å². The number of pyridine rings is 1. The van der Waals surface area contributed by atoms with Crippen LogP contribution in [0.3, 0.4) is 0 Å². The number of primary amides is 1. The average Bonchev–Trinajstić information content (AvgIpc) is 2.58. The van der Waals surface area contributed by atoms with E-state index in [-0.39, 0.29) is 11.5 Å². The summed E-state index contributed by atoms with van der Waals surface area (Å²) in [5, 5.41) is 0. The van der Waals surface area contributed by atoms with E-state index in [0.29, 0.717) is 16.8 Å². The Morgan fingerprint density at radius 1 is 1.00 bits per heavy atom. The standard InChI is InChI=1S/C20H15F3N2O/c1-11-10-12(21)8-9-13(11)16-6-3-7-17(25-16)19(20(24)26)18-14(22)4-2-5-15(18)23/h2-10,19H,1H3,(H2,24,26). The summed E-state index contributed by atoms with van der Waals surface area (Å²) < 4.78 is 41.6. The van der Waals surface area contributed by atoms with Crippen molar-refractivity contribution in [3.05, 3.63) is 88.9 Å². The maximum absolute atomic E-state index is 14.2. The minimum atomic E-state index is -1.38. The zero-order chi connectivity index (χ0) is 18.8. The number of hydrogen-bond donors (Lipinski definition) is 1. The van der Waals surface area contributed by atoms with Crippen LogP contribution in [-0.2, 0) is 4.79 Å². The van der Waals surface area contributed by atoms with E-state index in [1.54, 1.807) is 25.1 Å². The molecule has 6 heteroatoms. The monoisotopic (exact) mass is 356 g/mol. The molecule has 0 saturated carbocycles. The van der Waals surface area contributed by atoms with Crippen LogP contribution in [0.1, 0.15) is 22.7 Å². The summed E-state index contributed by atoms with van der Waals surface area (Å²) >= 11 is 0. The number of nitrogens with two attached hydrogens (primary N) is 1. The van der Waals surface area contributed by atoms with Gasteiger partial charge >= 0.3 is 0 Å². The third-order valence-corrected chi connectivity index (χ3v) is 4.10. The lowest BCUT2D eigenvalue weighted by molar-refractivity contribution is -0.118. The summed E-state index contributed by atoms with van der Waals surface area (Å²) in [6.07, 6.45) is 0. The third kappa shape index (κ3) is 3.31. The Balaban J connectivity index is 2.14. The minimum Gasteiger partial charge on any atom is -0.369 e. The maximum atomic E-state index is 14.2. The van der Waals surface area contributed by atoms with Crippen molar-refractivity contribution in [3.63, 3.8) is 0 Å². The fourth-order valence-corrected chi connectivity index (χ4v) is 2.90.